The molecule has 0 aliphatic heterocycles. The topological polar surface area (TPSA) is 49.3 Å². The van der Waals surface area contributed by atoms with E-state index in [1.807, 2.05) is 25.1 Å². The normalized spacial score (nSPS) is 12.3. The van der Waals surface area contributed by atoms with Crippen LogP contribution in [0.25, 0.3) is 0 Å². The number of rotatable bonds is 7. The van der Waals surface area contributed by atoms with Crippen molar-refractivity contribution in [2.75, 3.05) is 6.54 Å². The standard InChI is InChI=1S/C13H19NO2/c1-11(7-8-13(15)16)14-10-9-12-5-3-2-4-6-12/h2-6,11,14H,7-10H2,1H3,(H,15,16). The number of hydrogen-bond acceptors (Lipinski definition) is 2. The highest BCUT2D eigenvalue weighted by molar-refractivity contribution is 5.66. The fraction of sp³-hybridized carbons (Fsp3) is 0.462. The molecular weight excluding hydrogens is 202 g/mol. The van der Waals surface area contributed by atoms with E-state index >= 15 is 0 Å². The van der Waals surface area contributed by atoms with Crippen molar-refractivity contribution in [3.63, 3.8) is 0 Å². The maximum absolute atomic E-state index is 10.4. The van der Waals surface area contributed by atoms with E-state index in [1.165, 1.54) is 5.56 Å². The molecule has 1 unspecified atom stereocenters. The van der Waals surface area contributed by atoms with Crippen LogP contribution in [-0.4, -0.2) is 23.7 Å². The van der Waals surface area contributed by atoms with Crippen molar-refractivity contribution in [3.8, 4) is 0 Å². The molecular formula is C13H19NO2. The molecule has 3 nitrogen and oxygen atoms in total. The Morgan fingerprint density at radius 2 is 2.06 bits per heavy atom. The number of nitrogens with one attached hydrogen (secondary N) is 1. The lowest BCUT2D eigenvalue weighted by Gasteiger charge is -2.12. The van der Waals surface area contributed by atoms with Gasteiger partial charge in [-0.15, -0.1) is 0 Å². The van der Waals surface area contributed by atoms with Crippen LogP contribution in [0.4, 0.5) is 0 Å². The van der Waals surface area contributed by atoms with Gasteiger partial charge in [-0.1, -0.05) is 30.3 Å². The number of hydrogen-bond donors (Lipinski definition) is 2. The number of carboxylic acids is 1. The first-order valence-electron chi connectivity index (χ1n) is 5.67. The van der Waals surface area contributed by atoms with Gasteiger partial charge >= 0.3 is 5.97 Å². The zero-order valence-corrected chi connectivity index (χ0v) is 9.65. The minimum absolute atomic E-state index is 0.236. The smallest absolute Gasteiger partial charge is 0.303 e. The summed E-state index contributed by atoms with van der Waals surface area (Å²) >= 11 is 0. The molecule has 1 rings (SSSR count). The van der Waals surface area contributed by atoms with E-state index in [0.29, 0.717) is 6.42 Å². The van der Waals surface area contributed by atoms with Gasteiger partial charge in [-0.2, -0.15) is 0 Å². The van der Waals surface area contributed by atoms with Crippen LogP contribution in [0.5, 0.6) is 0 Å². The van der Waals surface area contributed by atoms with E-state index in [4.69, 9.17) is 5.11 Å². The Morgan fingerprint density at radius 1 is 1.38 bits per heavy atom. The summed E-state index contributed by atoms with van der Waals surface area (Å²) in [5, 5.41) is 11.9. The molecule has 1 aromatic carbocycles. The molecule has 0 aromatic heterocycles. The van der Waals surface area contributed by atoms with Crippen LogP contribution in [0.1, 0.15) is 25.3 Å². The Balaban J connectivity index is 2.13. The first-order valence-corrected chi connectivity index (χ1v) is 5.67. The van der Waals surface area contributed by atoms with Crippen molar-refractivity contribution in [3.05, 3.63) is 35.9 Å². The van der Waals surface area contributed by atoms with Crippen molar-refractivity contribution >= 4 is 5.97 Å². The minimum Gasteiger partial charge on any atom is -0.481 e. The van der Waals surface area contributed by atoms with E-state index in [2.05, 4.69) is 17.4 Å². The fourth-order valence-corrected chi connectivity index (χ4v) is 1.55. The molecule has 1 aromatic rings. The second-order valence-electron chi connectivity index (χ2n) is 4.02. The molecule has 0 spiro atoms. The van der Waals surface area contributed by atoms with E-state index in [0.717, 1.165) is 13.0 Å². The molecule has 16 heavy (non-hydrogen) atoms. The maximum Gasteiger partial charge on any atom is 0.303 e. The highest BCUT2D eigenvalue weighted by Gasteiger charge is 2.04. The van der Waals surface area contributed by atoms with E-state index in [9.17, 15) is 4.79 Å². The fourth-order valence-electron chi connectivity index (χ4n) is 1.55. The molecule has 1 atom stereocenters. The molecule has 0 aliphatic carbocycles. The molecule has 0 saturated carbocycles. The van der Waals surface area contributed by atoms with Gasteiger partial charge in [0.05, 0.1) is 0 Å². The molecule has 88 valence electrons. The Kier molecular flexibility index (Phi) is 5.57. The second-order valence-corrected chi connectivity index (χ2v) is 4.02. The van der Waals surface area contributed by atoms with Gasteiger partial charge in [0.15, 0.2) is 0 Å². The first-order chi connectivity index (χ1) is 7.68. The second kappa shape index (κ2) is 7.01. The third kappa shape index (κ3) is 5.51. The van der Waals surface area contributed by atoms with Gasteiger partial charge in [-0.25, -0.2) is 0 Å². The van der Waals surface area contributed by atoms with Crippen LogP contribution < -0.4 is 5.32 Å². The molecule has 0 saturated heterocycles. The molecule has 0 radical (unpaired) electrons. The van der Waals surface area contributed by atoms with E-state index in [1.54, 1.807) is 0 Å². The Morgan fingerprint density at radius 3 is 2.69 bits per heavy atom. The van der Waals surface area contributed by atoms with Crippen molar-refractivity contribution in [1.29, 1.82) is 0 Å². The zero-order valence-electron chi connectivity index (χ0n) is 9.65. The van der Waals surface area contributed by atoms with Gasteiger partial charge in [-0.05, 0) is 31.9 Å². The van der Waals surface area contributed by atoms with E-state index in [-0.39, 0.29) is 12.5 Å². The van der Waals surface area contributed by atoms with Crippen molar-refractivity contribution < 1.29 is 9.90 Å². The molecule has 0 fully saturated rings. The first kappa shape index (κ1) is 12.7. The zero-order chi connectivity index (χ0) is 11.8. The lowest BCUT2D eigenvalue weighted by molar-refractivity contribution is -0.137. The molecule has 3 heteroatoms. The molecule has 2 N–H and O–H groups in total. The van der Waals surface area contributed by atoms with Crippen LogP contribution in [0.15, 0.2) is 30.3 Å². The Labute approximate surface area is 96.5 Å². The Bertz CT molecular complexity index is 311. The summed E-state index contributed by atoms with van der Waals surface area (Å²) in [6.45, 7) is 2.92. The van der Waals surface area contributed by atoms with E-state index < -0.39 is 5.97 Å². The molecule has 0 heterocycles. The molecule has 0 bridgehead atoms. The van der Waals surface area contributed by atoms with Gasteiger partial charge in [0.1, 0.15) is 0 Å². The maximum atomic E-state index is 10.4. The summed E-state index contributed by atoms with van der Waals surface area (Å²) in [4.78, 5) is 10.4. The predicted molar refractivity (Wildman–Crippen MR) is 64.5 cm³/mol. The number of benzene rings is 1. The van der Waals surface area contributed by atoms with Gasteiger partial charge in [0.25, 0.3) is 0 Å². The van der Waals surface area contributed by atoms with Crippen molar-refractivity contribution in [2.45, 2.75) is 32.2 Å². The largest absolute Gasteiger partial charge is 0.481 e. The van der Waals surface area contributed by atoms with Gasteiger partial charge in [0.2, 0.25) is 0 Å². The average molecular weight is 221 g/mol. The summed E-state index contributed by atoms with van der Waals surface area (Å²) in [5.41, 5.74) is 1.31. The van der Waals surface area contributed by atoms with Crippen LogP contribution in [0.3, 0.4) is 0 Å². The summed E-state index contributed by atoms with van der Waals surface area (Å²) in [6, 6.07) is 10.5. The quantitative estimate of drug-likeness (QED) is 0.741. The van der Waals surface area contributed by atoms with Gasteiger partial charge < -0.3 is 10.4 Å². The third-order valence-electron chi connectivity index (χ3n) is 2.54. The van der Waals surface area contributed by atoms with Crippen molar-refractivity contribution in [1.82, 2.24) is 5.32 Å². The lowest BCUT2D eigenvalue weighted by Crippen LogP contribution is -2.28. The van der Waals surface area contributed by atoms with Gasteiger partial charge in [0, 0.05) is 12.5 Å². The summed E-state index contributed by atoms with van der Waals surface area (Å²) in [7, 11) is 0. The van der Waals surface area contributed by atoms with Crippen LogP contribution >= 0.6 is 0 Å². The van der Waals surface area contributed by atoms with Crippen molar-refractivity contribution in [2.24, 2.45) is 0 Å². The van der Waals surface area contributed by atoms with Crippen LogP contribution in [0.2, 0.25) is 0 Å². The Hall–Kier alpha value is -1.35. The number of aliphatic carboxylic acids is 1. The van der Waals surface area contributed by atoms with Gasteiger partial charge in [-0.3, -0.25) is 4.79 Å². The summed E-state index contributed by atoms with van der Waals surface area (Å²) in [6.07, 6.45) is 1.90. The highest BCUT2D eigenvalue weighted by atomic mass is 16.4. The predicted octanol–water partition coefficient (Wildman–Crippen LogP) is 2.07. The summed E-state index contributed by atoms with van der Waals surface area (Å²) < 4.78 is 0. The molecule has 0 aliphatic rings. The highest BCUT2D eigenvalue weighted by Crippen LogP contribution is 2.00. The number of carbonyl (C=O) groups is 1. The van der Waals surface area contributed by atoms with Crippen LogP contribution in [-0.2, 0) is 11.2 Å². The minimum atomic E-state index is -0.725. The SMILES string of the molecule is CC(CCC(=O)O)NCCc1ccccc1. The number of carboxylic acid groups (broad SMARTS) is 1. The average Bonchev–Trinajstić information content (AvgIpc) is 2.28. The summed E-state index contributed by atoms with van der Waals surface area (Å²) in [5.74, 6) is -0.725. The molecule has 0 amide bonds. The third-order valence-corrected chi connectivity index (χ3v) is 2.54. The van der Waals surface area contributed by atoms with Crippen LogP contribution in [0, 0.1) is 0 Å². The lowest BCUT2D eigenvalue weighted by atomic mass is 10.1. The monoisotopic (exact) mass is 221 g/mol.